The molecular formula is C24H32O3S. The Morgan fingerprint density at radius 2 is 1.50 bits per heavy atom. The first-order valence-electron chi connectivity index (χ1n) is 10.3. The van der Waals surface area contributed by atoms with Gasteiger partial charge >= 0.3 is 5.97 Å². The number of carbonyl (C=O) groups excluding carboxylic acids is 1. The van der Waals surface area contributed by atoms with Gasteiger partial charge in [-0.25, -0.2) is 4.79 Å². The molecule has 0 aliphatic rings. The van der Waals surface area contributed by atoms with E-state index in [9.17, 15) is 4.79 Å². The Balaban J connectivity index is 1.84. The number of hydrogen-bond acceptors (Lipinski definition) is 4. The van der Waals surface area contributed by atoms with Crippen LogP contribution in [0.1, 0.15) is 52.9 Å². The normalized spacial score (nSPS) is 11.8. The Labute approximate surface area is 173 Å². The Hall–Kier alpha value is -1.94. The maximum atomic E-state index is 11.7. The average molecular weight is 401 g/mol. The van der Waals surface area contributed by atoms with Gasteiger partial charge in [0.25, 0.3) is 0 Å². The van der Waals surface area contributed by atoms with Crippen LogP contribution in [0.25, 0.3) is 11.1 Å². The van der Waals surface area contributed by atoms with Crippen molar-refractivity contribution >= 4 is 17.7 Å². The third-order valence-corrected chi connectivity index (χ3v) is 5.59. The smallest absolute Gasteiger partial charge is 0.347 e. The molecular weight excluding hydrogens is 368 g/mol. The minimum absolute atomic E-state index is 0.343. The quantitative estimate of drug-likeness (QED) is 0.224. The summed E-state index contributed by atoms with van der Waals surface area (Å²) >= 11 is 1.93. The maximum absolute atomic E-state index is 11.7. The minimum atomic E-state index is -0.607. The molecule has 0 heterocycles. The highest BCUT2D eigenvalue weighted by Crippen LogP contribution is 2.27. The van der Waals surface area contributed by atoms with Gasteiger partial charge in [0.15, 0.2) is 6.10 Å². The molecule has 0 aromatic heterocycles. The molecule has 0 fully saturated rings. The van der Waals surface area contributed by atoms with Crippen molar-refractivity contribution in [2.24, 2.45) is 0 Å². The van der Waals surface area contributed by atoms with Crippen molar-refractivity contribution in [1.29, 1.82) is 0 Å². The predicted molar refractivity (Wildman–Crippen MR) is 118 cm³/mol. The summed E-state index contributed by atoms with van der Waals surface area (Å²) in [5.41, 5.74) is 2.31. The summed E-state index contributed by atoms with van der Waals surface area (Å²) in [6.45, 7) is 6.10. The van der Waals surface area contributed by atoms with Crippen molar-refractivity contribution < 1.29 is 14.3 Å². The zero-order valence-electron chi connectivity index (χ0n) is 17.3. The fourth-order valence-electron chi connectivity index (χ4n) is 2.88. The van der Waals surface area contributed by atoms with Crippen molar-refractivity contribution in [3.8, 4) is 16.9 Å². The number of ether oxygens (including phenoxy) is 2. The van der Waals surface area contributed by atoms with Gasteiger partial charge in [0, 0.05) is 4.90 Å². The van der Waals surface area contributed by atoms with E-state index in [0.29, 0.717) is 12.4 Å². The first kappa shape index (κ1) is 22.4. The number of thioether (sulfide) groups is 1. The van der Waals surface area contributed by atoms with E-state index < -0.39 is 6.10 Å². The first-order chi connectivity index (χ1) is 13.6. The topological polar surface area (TPSA) is 35.5 Å². The summed E-state index contributed by atoms with van der Waals surface area (Å²) in [5, 5.41) is 0. The van der Waals surface area contributed by atoms with Gasteiger partial charge in [-0.05, 0) is 61.4 Å². The Kier molecular flexibility index (Phi) is 9.98. The molecule has 0 radical (unpaired) electrons. The van der Waals surface area contributed by atoms with E-state index in [2.05, 4.69) is 31.2 Å². The van der Waals surface area contributed by atoms with Crippen LogP contribution in [0, 0.1) is 0 Å². The third kappa shape index (κ3) is 7.59. The van der Waals surface area contributed by atoms with Gasteiger partial charge in [-0.1, -0.05) is 56.9 Å². The largest absolute Gasteiger partial charge is 0.479 e. The summed E-state index contributed by atoms with van der Waals surface area (Å²) in [5.74, 6) is 1.51. The van der Waals surface area contributed by atoms with Gasteiger partial charge in [0.05, 0.1) is 6.61 Å². The van der Waals surface area contributed by atoms with Crippen LogP contribution in [0.15, 0.2) is 53.4 Å². The second kappa shape index (κ2) is 12.5. The first-order valence-corrected chi connectivity index (χ1v) is 11.3. The predicted octanol–water partition coefficient (Wildman–Crippen LogP) is 6.75. The summed E-state index contributed by atoms with van der Waals surface area (Å²) in [4.78, 5) is 13.0. The van der Waals surface area contributed by atoms with Crippen LogP contribution in [-0.4, -0.2) is 24.4 Å². The molecule has 0 aliphatic carbocycles. The lowest BCUT2D eigenvalue weighted by Gasteiger charge is -2.13. The number of rotatable bonds is 12. The number of esters is 1. The molecule has 0 amide bonds. The van der Waals surface area contributed by atoms with Gasteiger partial charge in [-0.2, -0.15) is 0 Å². The SMILES string of the molecule is CCCCCCCSc1ccc(-c2ccc(O[C@H](C)C(=O)OCC)cc2)cc1. The number of unbranched alkanes of at least 4 members (excludes halogenated alkanes) is 4. The average Bonchev–Trinajstić information content (AvgIpc) is 2.72. The molecule has 1 atom stereocenters. The highest BCUT2D eigenvalue weighted by atomic mass is 32.2. The van der Waals surface area contributed by atoms with Gasteiger partial charge < -0.3 is 9.47 Å². The van der Waals surface area contributed by atoms with Crippen LogP contribution in [0.2, 0.25) is 0 Å². The Morgan fingerprint density at radius 3 is 2.11 bits per heavy atom. The Bertz CT molecular complexity index is 695. The van der Waals surface area contributed by atoms with Crippen LogP contribution in [0.3, 0.4) is 0 Å². The van der Waals surface area contributed by atoms with Gasteiger partial charge in [0.1, 0.15) is 5.75 Å². The molecule has 0 unspecified atom stereocenters. The zero-order valence-corrected chi connectivity index (χ0v) is 18.1. The number of hydrogen-bond donors (Lipinski definition) is 0. The number of benzene rings is 2. The third-order valence-electron chi connectivity index (χ3n) is 4.49. The van der Waals surface area contributed by atoms with Crippen LogP contribution in [0.5, 0.6) is 5.75 Å². The molecule has 0 spiro atoms. The summed E-state index contributed by atoms with van der Waals surface area (Å²) in [6, 6.07) is 16.5. The van der Waals surface area contributed by atoms with E-state index in [-0.39, 0.29) is 5.97 Å². The molecule has 0 saturated heterocycles. The monoisotopic (exact) mass is 400 g/mol. The van der Waals surface area contributed by atoms with Gasteiger partial charge in [-0.15, -0.1) is 11.8 Å². The standard InChI is InChI=1S/C24H32O3S/c1-4-6-7-8-9-18-28-23-16-12-21(13-17-23)20-10-14-22(15-11-20)27-19(3)24(25)26-5-2/h10-17,19H,4-9,18H2,1-3H3/t19-/m1/s1. The van der Waals surface area contributed by atoms with Gasteiger partial charge in [-0.3, -0.25) is 0 Å². The molecule has 2 rings (SSSR count). The second-order valence-corrected chi connectivity index (χ2v) is 7.99. The summed E-state index contributed by atoms with van der Waals surface area (Å²) in [7, 11) is 0. The Morgan fingerprint density at radius 1 is 0.893 bits per heavy atom. The van der Waals surface area contributed by atoms with Gasteiger partial charge in [0.2, 0.25) is 0 Å². The van der Waals surface area contributed by atoms with Crippen molar-refractivity contribution in [1.82, 2.24) is 0 Å². The molecule has 2 aromatic rings. The van der Waals surface area contributed by atoms with E-state index in [1.807, 2.05) is 36.0 Å². The maximum Gasteiger partial charge on any atom is 0.347 e. The van der Waals surface area contributed by atoms with Crippen molar-refractivity contribution in [3.63, 3.8) is 0 Å². The molecule has 0 bridgehead atoms. The molecule has 0 N–H and O–H groups in total. The molecule has 0 saturated carbocycles. The highest BCUT2D eigenvalue weighted by molar-refractivity contribution is 7.99. The van der Waals surface area contributed by atoms with E-state index in [1.165, 1.54) is 48.3 Å². The van der Waals surface area contributed by atoms with E-state index in [1.54, 1.807) is 13.8 Å². The van der Waals surface area contributed by atoms with E-state index in [4.69, 9.17) is 9.47 Å². The van der Waals surface area contributed by atoms with E-state index >= 15 is 0 Å². The van der Waals surface area contributed by atoms with Crippen LogP contribution < -0.4 is 4.74 Å². The lowest BCUT2D eigenvalue weighted by atomic mass is 10.1. The molecule has 0 aliphatic heterocycles. The summed E-state index contributed by atoms with van der Waals surface area (Å²) in [6.07, 6.45) is 6.02. The minimum Gasteiger partial charge on any atom is -0.479 e. The number of carbonyl (C=O) groups is 1. The van der Waals surface area contributed by atoms with Crippen LogP contribution in [0.4, 0.5) is 0 Å². The lowest BCUT2D eigenvalue weighted by molar-refractivity contribution is -0.150. The van der Waals surface area contributed by atoms with Crippen molar-refractivity contribution in [3.05, 3.63) is 48.5 Å². The van der Waals surface area contributed by atoms with Crippen molar-refractivity contribution in [2.45, 2.75) is 63.9 Å². The molecule has 3 nitrogen and oxygen atoms in total. The fraction of sp³-hybridized carbons (Fsp3) is 0.458. The lowest BCUT2D eigenvalue weighted by Crippen LogP contribution is -2.25. The molecule has 4 heteroatoms. The highest BCUT2D eigenvalue weighted by Gasteiger charge is 2.15. The van der Waals surface area contributed by atoms with Crippen LogP contribution >= 0.6 is 11.8 Å². The molecule has 28 heavy (non-hydrogen) atoms. The van der Waals surface area contributed by atoms with E-state index in [0.717, 1.165) is 5.56 Å². The fourth-order valence-corrected chi connectivity index (χ4v) is 3.79. The molecule has 2 aromatic carbocycles. The molecule has 152 valence electrons. The zero-order chi connectivity index (χ0) is 20.2. The second-order valence-electron chi connectivity index (χ2n) is 6.82. The summed E-state index contributed by atoms with van der Waals surface area (Å²) < 4.78 is 10.6. The van der Waals surface area contributed by atoms with Crippen LogP contribution in [-0.2, 0) is 9.53 Å². The van der Waals surface area contributed by atoms with Crippen molar-refractivity contribution in [2.75, 3.05) is 12.4 Å².